The minimum atomic E-state index is 0.0601. The summed E-state index contributed by atoms with van der Waals surface area (Å²) in [7, 11) is 0. The van der Waals surface area contributed by atoms with Crippen LogP contribution in [-0.2, 0) is 13.0 Å². The van der Waals surface area contributed by atoms with E-state index in [9.17, 15) is 4.79 Å². The monoisotopic (exact) mass is 350 g/mol. The molecule has 0 N–H and O–H groups in total. The fourth-order valence-corrected chi connectivity index (χ4v) is 3.91. The predicted molar refractivity (Wildman–Crippen MR) is 95.4 cm³/mol. The van der Waals surface area contributed by atoms with Crippen LogP contribution < -0.4 is 5.56 Å². The van der Waals surface area contributed by atoms with E-state index in [1.54, 1.807) is 16.3 Å². The molecular formula is C16H15ClN2OS2. The number of hydrogen-bond acceptors (Lipinski definition) is 4. The second-order valence-corrected chi connectivity index (χ2v) is 7.38. The number of nitrogens with zero attached hydrogens (tertiary/aromatic N) is 2. The summed E-state index contributed by atoms with van der Waals surface area (Å²) in [5.74, 6) is 0.892. The van der Waals surface area contributed by atoms with Crippen LogP contribution >= 0.6 is 34.7 Å². The van der Waals surface area contributed by atoms with Crippen LogP contribution in [0.4, 0.5) is 0 Å². The molecule has 1 aromatic carbocycles. The van der Waals surface area contributed by atoms with Crippen LogP contribution in [0.1, 0.15) is 12.5 Å². The third-order valence-corrected chi connectivity index (χ3v) is 5.34. The normalized spacial score (nSPS) is 11.2. The molecule has 0 fully saturated rings. The Bertz CT molecular complexity index is 839. The molecule has 0 atom stereocenters. The van der Waals surface area contributed by atoms with Crippen LogP contribution in [-0.4, -0.2) is 15.3 Å². The summed E-state index contributed by atoms with van der Waals surface area (Å²) in [6.07, 6.45) is 0.785. The Morgan fingerprint density at radius 2 is 2.05 bits per heavy atom. The highest BCUT2D eigenvalue weighted by Crippen LogP contribution is 2.21. The zero-order valence-corrected chi connectivity index (χ0v) is 14.5. The molecule has 22 heavy (non-hydrogen) atoms. The first-order valence-electron chi connectivity index (χ1n) is 7.04. The number of aromatic nitrogens is 2. The topological polar surface area (TPSA) is 34.9 Å². The molecule has 0 bridgehead atoms. The van der Waals surface area contributed by atoms with Gasteiger partial charge in [-0.25, -0.2) is 4.98 Å². The molecule has 3 nitrogen and oxygen atoms in total. The van der Waals surface area contributed by atoms with Gasteiger partial charge in [0, 0.05) is 11.6 Å². The average Bonchev–Trinajstić information content (AvgIpc) is 2.97. The number of fused-ring (bicyclic) bond motifs is 1. The molecule has 0 aliphatic heterocycles. The Balaban J connectivity index is 1.94. The highest BCUT2D eigenvalue weighted by atomic mass is 35.5. The van der Waals surface area contributed by atoms with E-state index in [1.165, 1.54) is 11.3 Å². The molecule has 0 saturated heterocycles. The van der Waals surface area contributed by atoms with Crippen molar-refractivity contribution in [2.75, 3.05) is 5.75 Å². The van der Waals surface area contributed by atoms with Gasteiger partial charge in [-0.3, -0.25) is 9.36 Å². The van der Waals surface area contributed by atoms with Crippen LogP contribution in [0, 0.1) is 0 Å². The average molecular weight is 351 g/mol. The van der Waals surface area contributed by atoms with E-state index in [0.29, 0.717) is 6.54 Å². The molecule has 0 unspecified atom stereocenters. The lowest BCUT2D eigenvalue weighted by Crippen LogP contribution is -2.23. The Morgan fingerprint density at radius 3 is 2.77 bits per heavy atom. The third-order valence-electron chi connectivity index (χ3n) is 3.34. The molecule has 114 valence electrons. The van der Waals surface area contributed by atoms with E-state index in [-0.39, 0.29) is 5.56 Å². The standard InChI is InChI=1S/C16H15ClN2OS2/c1-2-21-16-18-13-8-10-22-14(13)15(20)19(16)9-7-11-3-5-12(17)6-4-11/h3-6,8,10H,2,7,9H2,1H3. The van der Waals surface area contributed by atoms with Crippen molar-refractivity contribution < 1.29 is 0 Å². The zero-order valence-electron chi connectivity index (χ0n) is 12.1. The van der Waals surface area contributed by atoms with Crippen molar-refractivity contribution in [1.29, 1.82) is 0 Å². The van der Waals surface area contributed by atoms with E-state index in [2.05, 4.69) is 11.9 Å². The number of thiophene rings is 1. The first kappa shape index (κ1) is 15.6. The van der Waals surface area contributed by atoms with Crippen LogP contribution in [0.2, 0.25) is 5.02 Å². The summed E-state index contributed by atoms with van der Waals surface area (Å²) in [5.41, 5.74) is 2.02. The molecule has 3 aromatic rings. The molecule has 0 spiro atoms. The zero-order chi connectivity index (χ0) is 15.5. The molecule has 3 rings (SSSR count). The molecule has 0 radical (unpaired) electrons. The molecule has 0 aliphatic carbocycles. The number of benzene rings is 1. The maximum atomic E-state index is 12.7. The minimum absolute atomic E-state index is 0.0601. The van der Waals surface area contributed by atoms with Gasteiger partial charge < -0.3 is 0 Å². The Labute approximate surface area is 142 Å². The highest BCUT2D eigenvalue weighted by molar-refractivity contribution is 7.99. The fraction of sp³-hybridized carbons (Fsp3) is 0.250. The molecule has 0 saturated carbocycles. The lowest BCUT2D eigenvalue weighted by molar-refractivity contribution is 0.596. The lowest BCUT2D eigenvalue weighted by atomic mass is 10.1. The van der Waals surface area contributed by atoms with Gasteiger partial charge in [-0.15, -0.1) is 11.3 Å². The van der Waals surface area contributed by atoms with E-state index < -0.39 is 0 Å². The summed E-state index contributed by atoms with van der Waals surface area (Å²) in [5, 5.41) is 3.44. The maximum absolute atomic E-state index is 12.7. The van der Waals surface area contributed by atoms with Gasteiger partial charge in [0.1, 0.15) is 4.70 Å². The summed E-state index contributed by atoms with van der Waals surface area (Å²) in [4.78, 5) is 17.3. The molecule has 0 amide bonds. The van der Waals surface area contributed by atoms with E-state index in [4.69, 9.17) is 11.6 Å². The second kappa shape index (κ2) is 6.86. The minimum Gasteiger partial charge on any atom is -0.286 e. The van der Waals surface area contributed by atoms with Crippen molar-refractivity contribution in [2.24, 2.45) is 0 Å². The lowest BCUT2D eigenvalue weighted by Gasteiger charge is -2.11. The smallest absolute Gasteiger partial charge is 0.272 e. The predicted octanol–water partition coefficient (Wildman–Crippen LogP) is 4.47. The molecule has 2 heterocycles. The maximum Gasteiger partial charge on any atom is 0.272 e. The Kier molecular flexibility index (Phi) is 4.86. The van der Waals surface area contributed by atoms with E-state index in [1.807, 2.05) is 35.7 Å². The number of hydrogen-bond donors (Lipinski definition) is 0. The van der Waals surface area contributed by atoms with Crippen molar-refractivity contribution in [3.05, 3.63) is 56.7 Å². The Hall–Kier alpha value is -1.30. The molecule has 2 aromatic heterocycles. The van der Waals surface area contributed by atoms with Gasteiger partial charge in [-0.2, -0.15) is 0 Å². The number of thioether (sulfide) groups is 1. The van der Waals surface area contributed by atoms with Gasteiger partial charge in [0.2, 0.25) is 0 Å². The van der Waals surface area contributed by atoms with Crippen molar-refractivity contribution in [2.45, 2.75) is 25.0 Å². The van der Waals surface area contributed by atoms with Gasteiger partial charge in [0.05, 0.1) is 5.52 Å². The quantitative estimate of drug-likeness (QED) is 0.503. The van der Waals surface area contributed by atoms with Crippen LogP contribution in [0.15, 0.2) is 45.7 Å². The van der Waals surface area contributed by atoms with Gasteiger partial charge in [-0.05, 0) is 41.3 Å². The number of rotatable bonds is 5. The Morgan fingerprint density at radius 1 is 1.27 bits per heavy atom. The van der Waals surface area contributed by atoms with Crippen LogP contribution in [0.3, 0.4) is 0 Å². The SMILES string of the molecule is CCSc1nc2ccsc2c(=O)n1CCc1ccc(Cl)cc1. The van der Waals surface area contributed by atoms with E-state index in [0.717, 1.165) is 38.1 Å². The summed E-state index contributed by atoms with van der Waals surface area (Å²) >= 11 is 8.97. The van der Waals surface area contributed by atoms with Gasteiger partial charge in [0.15, 0.2) is 5.16 Å². The van der Waals surface area contributed by atoms with Gasteiger partial charge in [-0.1, -0.05) is 42.4 Å². The van der Waals surface area contributed by atoms with Crippen LogP contribution in [0.5, 0.6) is 0 Å². The molecule has 0 aliphatic rings. The number of aryl methyl sites for hydroxylation is 1. The van der Waals surface area contributed by atoms with Crippen molar-refractivity contribution in [1.82, 2.24) is 9.55 Å². The summed E-state index contributed by atoms with van der Waals surface area (Å²) in [6.45, 7) is 2.70. The third kappa shape index (κ3) is 3.21. The summed E-state index contributed by atoms with van der Waals surface area (Å²) in [6, 6.07) is 9.66. The molecule has 6 heteroatoms. The molecular weight excluding hydrogens is 336 g/mol. The largest absolute Gasteiger partial charge is 0.286 e. The number of halogens is 1. The van der Waals surface area contributed by atoms with Crippen LogP contribution in [0.25, 0.3) is 10.2 Å². The highest BCUT2D eigenvalue weighted by Gasteiger charge is 2.12. The summed E-state index contributed by atoms with van der Waals surface area (Å²) < 4.78 is 2.53. The van der Waals surface area contributed by atoms with Gasteiger partial charge in [0.25, 0.3) is 5.56 Å². The first-order chi connectivity index (χ1) is 10.7. The van der Waals surface area contributed by atoms with Gasteiger partial charge >= 0.3 is 0 Å². The van der Waals surface area contributed by atoms with Crippen molar-refractivity contribution in [3.8, 4) is 0 Å². The first-order valence-corrected chi connectivity index (χ1v) is 9.28. The van der Waals surface area contributed by atoms with Crippen molar-refractivity contribution in [3.63, 3.8) is 0 Å². The fourth-order valence-electron chi connectivity index (χ4n) is 2.25. The second-order valence-electron chi connectivity index (χ2n) is 4.80. The van der Waals surface area contributed by atoms with E-state index >= 15 is 0 Å². The van der Waals surface area contributed by atoms with Crippen molar-refractivity contribution >= 4 is 44.9 Å².